The minimum atomic E-state index is -6.57. The Morgan fingerprint density at radius 1 is 0.774 bits per heavy atom. The Balaban J connectivity index is 3.95. The minimum absolute atomic E-state index is 0.0371. The molecular formula is C16H29F8N3O3Si. The van der Waals surface area contributed by atoms with E-state index in [1.165, 1.54) is 21.3 Å². The molecule has 0 fully saturated rings. The van der Waals surface area contributed by atoms with Crippen LogP contribution < -0.4 is 16.0 Å². The molecule has 0 aromatic heterocycles. The molecule has 0 saturated carbocycles. The molecule has 0 heterocycles. The van der Waals surface area contributed by atoms with Gasteiger partial charge in [-0.2, -0.15) is 30.7 Å². The molecule has 0 rings (SSSR count). The molecule has 3 N–H and O–H groups in total. The predicted molar refractivity (Wildman–Crippen MR) is 100.0 cm³/mol. The Morgan fingerprint density at radius 2 is 1.23 bits per heavy atom. The second kappa shape index (κ2) is 13.6. The van der Waals surface area contributed by atoms with Crippen molar-refractivity contribution in [2.75, 3.05) is 60.6 Å². The van der Waals surface area contributed by atoms with Crippen LogP contribution in [0, 0.1) is 0 Å². The highest BCUT2D eigenvalue weighted by Gasteiger charge is 2.74. The fourth-order valence-corrected chi connectivity index (χ4v) is 4.03. The highest BCUT2D eigenvalue weighted by Crippen LogP contribution is 2.49. The summed E-state index contributed by atoms with van der Waals surface area (Å²) in [7, 11) is 1.99. The third kappa shape index (κ3) is 9.27. The largest absolute Gasteiger partial charge is 0.500 e. The summed E-state index contributed by atoms with van der Waals surface area (Å²) < 4.78 is 116. The number of allylic oxidation sites excluding steroid dienone is 1. The number of halogens is 8. The molecule has 0 saturated heterocycles. The monoisotopic (exact) mass is 491 g/mol. The summed E-state index contributed by atoms with van der Waals surface area (Å²) in [6.07, 6.45) is -5.85. The van der Waals surface area contributed by atoms with Crippen LogP contribution in [0.2, 0.25) is 6.04 Å². The highest BCUT2D eigenvalue weighted by molar-refractivity contribution is 6.60. The maximum absolute atomic E-state index is 13.2. The topological polar surface area (TPSA) is 63.8 Å². The maximum atomic E-state index is 13.2. The van der Waals surface area contributed by atoms with Crippen LogP contribution in [0.5, 0.6) is 0 Å². The van der Waals surface area contributed by atoms with Gasteiger partial charge in [0.15, 0.2) is 5.83 Å². The molecule has 0 amide bonds. The molecule has 0 aliphatic heterocycles. The molecule has 0 aromatic carbocycles. The fraction of sp³-hybridized carbons (Fsp3) is 0.875. The van der Waals surface area contributed by atoms with E-state index in [1.807, 2.05) is 0 Å². The lowest BCUT2D eigenvalue weighted by Gasteiger charge is -2.26. The van der Waals surface area contributed by atoms with Crippen molar-refractivity contribution in [2.45, 2.75) is 30.5 Å². The molecule has 31 heavy (non-hydrogen) atoms. The van der Waals surface area contributed by atoms with Crippen molar-refractivity contribution in [3.05, 3.63) is 11.9 Å². The van der Waals surface area contributed by atoms with Crippen molar-refractivity contribution < 1.29 is 48.4 Å². The standard InChI is InChI=1S/C16H29F8N3O3Si/c1-28-31(29-2,30-3)12-4-6-25-8-10-27-11-9-26-7-5-13(17)14(18,19)15(20,21)16(22,23)24/h5,25-27H,4,6-12H2,1-3H3/b13-5-. The molecule has 0 aromatic rings. The van der Waals surface area contributed by atoms with Crippen LogP contribution in [-0.2, 0) is 13.3 Å². The first kappa shape index (κ1) is 30.2. The predicted octanol–water partition coefficient (Wildman–Crippen LogP) is 2.71. The smallest absolute Gasteiger partial charge is 0.377 e. The summed E-state index contributed by atoms with van der Waals surface area (Å²) in [6, 6.07) is 0.638. The van der Waals surface area contributed by atoms with Crippen LogP contribution in [0.15, 0.2) is 11.9 Å². The summed E-state index contributed by atoms with van der Waals surface area (Å²) in [5.41, 5.74) is 0. The summed E-state index contributed by atoms with van der Waals surface area (Å²) >= 11 is 0. The van der Waals surface area contributed by atoms with E-state index in [-0.39, 0.29) is 12.6 Å². The van der Waals surface area contributed by atoms with Crippen molar-refractivity contribution in [1.29, 1.82) is 0 Å². The number of hydrogen-bond acceptors (Lipinski definition) is 6. The van der Waals surface area contributed by atoms with E-state index in [4.69, 9.17) is 13.3 Å². The first-order valence-corrected chi connectivity index (χ1v) is 11.2. The maximum Gasteiger partial charge on any atom is 0.500 e. The fourth-order valence-electron chi connectivity index (χ4n) is 2.31. The second-order valence-corrected chi connectivity index (χ2v) is 9.39. The number of rotatable bonds is 17. The van der Waals surface area contributed by atoms with Crippen LogP contribution in [0.4, 0.5) is 35.1 Å². The first-order chi connectivity index (χ1) is 14.3. The van der Waals surface area contributed by atoms with Crippen molar-refractivity contribution in [3.8, 4) is 0 Å². The molecule has 0 spiro atoms. The zero-order valence-corrected chi connectivity index (χ0v) is 18.5. The van der Waals surface area contributed by atoms with E-state index in [9.17, 15) is 35.1 Å². The highest BCUT2D eigenvalue weighted by atomic mass is 28.4. The Labute approximate surface area is 177 Å². The Bertz CT molecular complexity index is 526. The van der Waals surface area contributed by atoms with Crippen LogP contribution in [0.1, 0.15) is 6.42 Å². The molecular weight excluding hydrogens is 462 g/mol. The lowest BCUT2D eigenvalue weighted by atomic mass is 10.1. The normalized spacial score (nSPS) is 14.4. The molecule has 0 bridgehead atoms. The Kier molecular flexibility index (Phi) is 13.3. The summed E-state index contributed by atoms with van der Waals surface area (Å²) in [6.45, 7) is 1.68. The van der Waals surface area contributed by atoms with Gasteiger partial charge in [-0.25, -0.2) is 4.39 Å². The van der Waals surface area contributed by atoms with Crippen molar-refractivity contribution in [1.82, 2.24) is 16.0 Å². The molecule has 186 valence electrons. The zero-order chi connectivity index (χ0) is 24.2. The molecule has 0 aliphatic rings. The van der Waals surface area contributed by atoms with Gasteiger partial charge in [0.1, 0.15) is 0 Å². The van der Waals surface area contributed by atoms with Crippen LogP contribution in [-0.4, -0.2) is 87.4 Å². The SMILES string of the molecule is CO[Si](CCCNCCNCCNC/C=C(\F)C(F)(F)C(F)(F)C(F)(F)F)(OC)OC. The quantitative estimate of drug-likeness (QED) is 0.165. The van der Waals surface area contributed by atoms with Crippen LogP contribution in [0.3, 0.4) is 0 Å². The van der Waals surface area contributed by atoms with E-state index < -0.39 is 39.2 Å². The molecule has 6 nitrogen and oxygen atoms in total. The van der Waals surface area contributed by atoms with Crippen molar-refractivity contribution >= 4 is 8.80 Å². The molecule has 0 aliphatic carbocycles. The average molecular weight is 491 g/mol. The lowest BCUT2D eigenvalue weighted by molar-refractivity contribution is -0.347. The Hall–Kier alpha value is -0.843. The van der Waals surface area contributed by atoms with Gasteiger partial charge in [-0.15, -0.1) is 0 Å². The molecule has 0 atom stereocenters. The number of alkyl halides is 7. The molecule has 15 heteroatoms. The van der Waals surface area contributed by atoms with Gasteiger partial charge in [0, 0.05) is 60.1 Å². The van der Waals surface area contributed by atoms with Crippen LogP contribution in [0.25, 0.3) is 0 Å². The van der Waals surface area contributed by atoms with E-state index in [0.717, 1.165) is 6.42 Å². The van der Waals surface area contributed by atoms with Gasteiger partial charge in [-0.05, 0) is 19.0 Å². The first-order valence-electron chi connectivity index (χ1n) is 9.27. The summed E-state index contributed by atoms with van der Waals surface area (Å²) in [4.78, 5) is 0. The Morgan fingerprint density at radius 3 is 1.68 bits per heavy atom. The zero-order valence-electron chi connectivity index (χ0n) is 17.5. The van der Waals surface area contributed by atoms with Crippen LogP contribution >= 0.6 is 0 Å². The third-order valence-electron chi connectivity index (χ3n) is 4.20. The lowest BCUT2D eigenvalue weighted by Crippen LogP contribution is -2.52. The van der Waals surface area contributed by atoms with Gasteiger partial charge < -0.3 is 29.2 Å². The minimum Gasteiger partial charge on any atom is -0.377 e. The van der Waals surface area contributed by atoms with E-state index >= 15 is 0 Å². The van der Waals surface area contributed by atoms with Gasteiger partial charge >= 0.3 is 26.8 Å². The second-order valence-electron chi connectivity index (χ2n) is 6.30. The summed E-state index contributed by atoms with van der Waals surface area (Å²) in [5.74, 6) is -15.3. The van der Waals surface area contributed by atoms with Crippen molar-refractivity contribution in [3.63, 3.8) is 0 Å². The van der Waals surface area contributed by atoms with Gasteiger partial charge in [0.05, 0.1) is 0 Å². The van der Waals surface area contributed by atoms with E-state index in [1.54, 1.807) is 0 Å². The molecule has 0 radical (unpaired) electrons. The van der Waals surface area contributed by atoms with Gasteiger partial charge in [-0.1, -0.05) is 0 Å². The average Bonchev–Trinajstić information content (AvgIpc) is 2.71. The van der Waals surface area contributed by atoms with E-state index in [0.29, 0.717) is 32.2 Å². The summed E-state index contributed by atoms with van der Waals surface area (Å²) in [5, 5.41) is 8.55. The van der Waals surface area contributed by atoms with Gasteiger partial charge in [0.2, 0.25) is 0 Å². The molecule has 0 unspecified atom stereocenters. The number of hydrogen-bond donors (Lipinski definition) is 3. The van der Waals surface area contributed by atoms with Gasteiger partial charge in [0.25, 0.3) is 0 Å². The third-order valence-corrected chi connectivity index (χ3v) is 7.03. The number of nitrogens with one attached hydrogen (secondary N) is 3. The van der Waals surface area contributed by atoms with Gasteiger partial charge in [-0.3, -0.25) is 0 Å². The van der Waals surface area contributed by atoms with E-state index in [2.05, 4.69) is 16.0 Å². The van der Waals surface area contributed by atoms with Crippen molar-refractivity contribution in [2.24, 2.45) is 0 Å².